The number of carboxylic acids is 1. The number of nitrogens with one attached hydrogen (secondary N) is 1. The third-order valence-electron chi connectivity index (χ3n) is 3.25. The van der Waals surface area contributed by atoms with Gasteiger partial charge in [0.15, 0.2) is 0 Å². The molecule has 2 N–H and O–H groups in total. The topological polar surface area (TPSA) is 79.5 Å². The molecule has 0 aliphatic carbocycles. The highest BCUT2D eigenvalue weighted by Crippen LogP contribution is 2.21. The zero-order valence-corrected chi connectivity index (χ0v) is 12.0. The molecule has 19 heavy (non-hydrogen) atoms. The van der Waals surface area contributed by atoms with Gasteiger partial charge in [0.1, 0.15) is 11.5 Å². The van der Waals surface area contributed by atoms with Crippen molar-refractivity contribution in [1.82, 2.24) is 5.32 Å². The van der Waals surface area contributed by atoms with E-state index in [0.717, 1.165) is 5.76 Å². The van der Waals surface area contributed by atoms with E-state index < -0.39 is 17.9 Å². The van der Waals surface area contributed by atoms with Gasteiger partial charge in [-0.2, -0.15) is 0 Å². The third kappa shape index (κ3) is 3.59. The number of aliphatic carboxylic acids is 1. The average Bonchev–Trinajstić information content (AvgIpc) is 2.70. The lowest BCUT2D eigenvalue weighted by atomic mass is 10.0. The summed E-state index contributed by atoms with van der Waals surface area (Å²) in [6.45, 7) is 8.93. The van der Waals surface area contributed by atoms with Gasteiger partial charge < -0.3 is 14.8 Å². The third-order valence-corrected chi connectivity index (χ3v) is 3.25. The van der Waals surface area contributed by atoms with Gasteiger partial charge in [-0.25, -0.2) is 0 Å². The van der Waals surface area contributed by atoms with Gasteiger partial charge >= 0.3 is 5.97 Å². The number of carbonyl (C=O) groups excluding carboxylic acids is 1. The first-order valence-electron chi connectivity index (χ1n) is 6.38. The van der Waals surface area contributed by atoms with Crippen LogP contribution in [0.2, 0.25) is 0 Å². The number of furan rings is 1. The predicted molar refractivity (Wildman–Crippen MR) is 71.3 cm³/mol. The molecule has 0 bridgehead atoms. The predicted octanol–water partition coefficient (Wildman–Crippen LogP) is 2.55. The second-order valence-corrected chi connectivity index (χ2v) is 5.16. The molecule has 1 heterocycles. The maximum atomic E-state index is 12.1. The molecular formula is C14H21NO4. The highest BCUT2D eigenvalue weighted by molar-refractivity contribution is 5.95. The van der Waals surface area contributed by atoms with Crippen LogP contribution in [0.15, 0.2) is 10.5 Å². The van der Waals surface area contributed by atoms with Crippen molar-refractivity contribution in [3.05, 3.63) is 23.2 Å². The second kappa shape index (κ2) is 5.91. The summed E-state index contributed by atoms with van der Waals surface area (Å²) in [5, 5.41) is 11.6. The van der Waals surface area contributed by atoms with Crippen LogP contribution in [0.1, 0.15) is 55.5 Å². The molecule has 1 rings (SSSR count). The average molecular weight is 267 g/mol. The Morgan fingerprint density at radius 1 is 1.26 bits per heavy atom. The Hall–Kier alpha value is -1.78. The lowest BCUT2D eigenvalue weighted by Crippen LogP contribution is -2.40. The molecule has 5 heteroatoms. The molecular weight excluding hydrogens is 246 g/mol. The van der Waals surface area contributed by atoms with Crippen molar-refractivity contribution in [3.63, 3.8) is 0 Å². The van der Waals surface area contributed by atoms with E-state index in [1.165, 1.54) is 0 Å². The number of amides is 1. The van der Waals surface area contributed by atoms with Gasteiger partial charge in [-0.1, -0.05) is 13.8 Å². The van der Waals surface area contributed by atoms with Crippen molar-refractivity contribution in [2.75, 3.05) is 0 Å². The lowest BCUT2D eigenvalue weighted by Gasteiger charge is -2.17. The van der Waals surface area contributed by atoms with E-state index in [-0.39, 0.29) is 11.8 Å². The molecule has 0 fully saturated rings. The zero-order valence-electron chi connectivity index (χ0n) is 12.0. The minimum Gasteiger partial charge on any atom is -0.481 e. The molecule has 2 unspecified atom stereocenters. The molecule has 0 spiro atoms. The number of carbonyl (C=O) groups is 2. The summed E-state index contributed by atoms with van der Waals surface area (Å²) in [6, 6.07) is 1.27. The Morgan fingerprint density at radius 3 is 2.26 bits per heavy atom. The van der Waals surface area contributed by atoms with Crippen LogP contribution < -0.4 is 5.32 Å². The summed E-state index contributed by atoms with van der Waals surface area (Å²) >= 11 is 0. The minimum absolute atomic E-state index is 0.204. The molecule has 0 saturated heterocycles. The molecule has 106 valence electrons. The number of aryl methyl sites for hydroxylation is 1. The molecule has 0 radical (unpaired) electrons. The monoisotopic (exact) mass is 267 g/mol. The van der Waals surface area contributed by atoms with E-state index in [4.69, 9.17) is 9.52 Å². The van der Waals surface area contributed by atoms with Gasteiger partial charge in [-0.3, -0.25) is 9.59 Å². The fourth-order valence-corrected chi connectivity index (χ4v) is 1.64. The number of carboxylic acid groups (broad SMARTS) is 1. The van der Waals surface area contributed by atoms with Gasteiger partial charge in [0.05, 0.1) is 11.5 Å². The van der Waals surface area contributed by atoms with Crippen molar-refractivity contribution < 1.29 is 19.1 Å². The smallest absolute Gasteiger partial charge is 0.308 e. The van der Waals surface area contributed by atoms with Crippen molar-refractivity contribution in [3.8, 4) is 0 Å². The Kier molecular flexibility index (Phi) is 4.75. The van der Waals surface area contributed by atoms with E-state index in [0.29, 0.717) is 11.3 Å². The molecule has 1 amide bonds. The Bertz CT molecular complexity index is 476. The van der Waals surface area contributed by atoms with Crippen LogP contribution in [0.4, 0.5) is 0 Å². The van der Waals surface area contributed by atoms with Crippen molar-refractivity contribution in [2.24, 2.45) is 5.92 Å². The van der Waals surface area contributed by atoms with E-state index in [9.17, 15) is 9.59 Å². The maximum Gasteiger partial charge on any atom is 0.308 e. The van der Waals surface area contributed by atoms with Crippen LogP contribution in [-0.4, -0.2) is 23.0 Å². The van der Waals surface area contributed by atoms with E-state index in [1.54, 1.807) is 26.8 Å². The summed E-state index contributed by atoms with van der Waals surface area (Å²) in [5.41, 5.74) is 0.466. The second-order valence-electron chi connectivity index (χ2n) is 5.16. The Labute approximate surface area is 113 Å². The number of hydrogen-bond acceptors (Lipinski definition) is 3. The van der Waals surface area contributed by atoms with Gasteiger partial charge in [0, 0.05) is 12.0 Å². The van der Waals surface area contributed by atoms with Crippen molar-refractivity contribution in [1.29, 1.82) is 0 Å². The van der Waals surface area contributed by atoms with Crippen molar-refractivity contribution >= 4 is 11.9 Å². The van der Waals surface area contributed by atoms with E-state index >= 15 is 0 Å². The number of rotatable bonds is 5. The van der Waals surface area contributed by atoms with Gasteiger partial charge in [-0.15, -0.1) is 0 Å². The number of hydrogen-bond donors (Lipinski definition) is 2. The van der Waals surface area contributed by atoms with Crippen LogP contribution in [-0.2, 0) is 4.79 Å². The first-order chi connectivity index (χ1) is 8.73. The van der Waals surface area contributed by atoms with E-state index in [1.807, 2.05) is 13.8 Å². The lowest BCUT2D eigenvalue weighted by molar-refractivity contribution is -0.141. The minimum atomic E-state index is -0.931. The fraction of sp³-hybridized carbons (Fsp3) is 0.571. The standard InChI is InChI=1S/C14H21NO4/c1-7(2)12-6-11(10(5)19-12)13(16)15-9(4)8(3)14(17)18/h6-9H,1-5H3,(H,15,16)(H,17,18). The first kappa shape index (κ1) is 15.3. The van der Waals surface area contributed by atoms with Crippen LogP contribution >= 0.6 is 0 Å². The molecule has 2 atom stereocenters. The summed E-state index contributed by atoms with van der Waals surface area (Å²) in [6.07, 6.45) is 0. The quantitative estimate of drug-likeness (QED) is 0.859. The maximum absolute atomic E-state index is 12.1. The Balaban J connectivity index is 2.81. The molecule has 1 aromatic heterocycles. The molecule has 0 aromatic carbocycles. The van der Waals surface area contributed by atoms with Gasteiger partial charge in [-0.05, 0) is 26.8 Å². The highest BCUT2D eigenvalue weighted by atomic mass is 16.4. The first-order valence-corrected chi connectivity index (χ1v) is 6.38. The molecule has 5 nitrogen and oxygen atoms in total. The highest BCUT2D eigenvalue weighted by Gasteiger charge is 2.23. The molecule has 0 aliphatic heterocycles. The van der Waals surface area contributed by atoms with Crippen molar-refractivity contribution in [2.45, 2.75) is 46.6 Å². The van der Waals surface area contributed by atoms with Crippen LogP contribution in [0.5, 0.6) is 0 Å². The summed E-state index contributed by atoms with van der Waals surface area (Å²) < 4.78 is 5.51. The van der Waals surface area contributed by atoms with Gasteiger partial charge in [0.2, 0.25) is 0 Å². The Morgan fingerprint density at radius 2 is 1.84 bits per heavy atom. The zero-order chi connectivity index (χ0) is 14.7. The normalized spacial score (nSPS) is 14.2. The van der Waals surface area contributed by atoms with E-state index in [2.05, 4.69) is 5.32 Å². The summed E-state index contributed by atoms with van der Waals surface area (Å²) in [7, 11) is 0. The summed E-state index contributed by atoms with van der Waals surface area (Å²) in [5.74, 6) is -0.359. The van der Waals surface area contributed by atoms with Crippen LogP contribution in [0, 0.1) is 12.8 Å². The van der Waals surface area contributed by atoms with Crippen LogP contribution in [0.25, 0.3) is 0 Å². The van der Waals surface area contributed by atoms with Crippen LogP contribution in [0.3, 0.4) is 0 Å². The molecule has 0 aliphatic rings. The molecule has 0 saturated carbocycles. The SMILES string of the molecule is Cc1oc(C(C)C)cc1C(=O)NC(C)C(C)C(=O)O. The molecule has 1 aromatic rings. The van der Waals surface area contributed by atoms with Gasteiger partial charge in [0.25, 0.3) is 5.91 Å². The fourth-order valence-electron chi connectivity index (χ4n) is 1.64. The summed E-state index contributed by atoms with van der Waals surface area (Å²) in [4.78, 5) is 22.9. The largest absolute Gasteiger partial charge is 0.481 e.